The SMILES string of the molecule is C[C@@H]1CNC[C@H]1CNCc1ccoc1. The molecular formula is C11H18N2O. The summed E-state index contributed by atoms with van der Waals surface area (Å²) in [5, 5.41) is 6.87. The van der Waals surface area contributed by atoms with Crippen molar-refractivity contribution < 1.29 is 4.42 Å². The number of rotatable bonds is 4. The molecule has 1 saturated heterocycles. The van der Waals surface area contributed by atoms with Crippen molar-refractivity contribution in [2.24, 2.45) is 11.8 Å². The number of hydrogen-bond donors (Lipinski definition) is 2. The number of hydrogen-bond acceptors (Lipinski definition) is 3. The van der Waals surface area contributed by atoms with Gasteiger partial charge in [-0.2, -0.15) is 0 Å². The number of nitrogens with one attached hydrogen (secondary N) is 2. The van der Waals surface area contributed by atoms with Gasteiger partial charge < -0.3 is 15.1 Å². The van der Waals surface area contributed by atoms with Crippen LogP contribution in [-0.4, -0.2) is 19.6 Å². The Bertz CT molecular complexity index is 258. The van der Waals surface area contributed by atoms with Crippen molar-refractivity contribution in [1.82, 2.24) is 10.6 Å². The molecule has 2 N–H and O–H groups in total. The molecule has 0 amide bonds. The van der Waals surface area contributed by atoms with Gasteiger partial charge in [0, 0.05) is 12.1 Å². The maximum Gasteiger partial charge on any atom is 0.0947 e. The average Bonchev–Trinajstić information content (AvgIpc) is 2.78. The zero-order valence-corrected chi connectivity index (χ0v) is 8.62. The smallest absolute Gasteiger partial charge is 0.0947 e. The van der Waals surface area contributed by atoms with Crippen molar-refractivity contribution in [3.8, 4) is 0 Å². The first kappa shape index (κ1) is 9.74. The van der Waals surface area contributed by atoms with E-state index >= 15 is 0 Å². The van der Waals surface area contributed by atoms with E-state index in [2.05, 4.69) is 17.6 Å². The van der Waals surface area contributed by atoms with Gasteiger partial charge in [0.1, 0.15) is 0 Å². The molecule has 1 aliphatic rings. The molecule has 0 aromatic carbocycles. The van der Waals surface area contributed by atoms with Crippen LogP contribution in [0, 0.1) is 11.8 Å². The minimum Gasteiger partial charge on any atom is -0.472 e. The zero-order chi connectivity index (χ0) is 9.80. The quantitative estimate of drug-likeness (QED) is 0.757. The average molecular weight is 194 g/mol. The maximum atomic E-state index is 5.01. The van der Waals surface area contributed by atoms with E-state index in [1.54, 1.807) is 12.5 Å². The second-order valence-electron chi connectivity index (χ2n) is 4.16. The van der Waals surface area contributed by atoms with Crippen molar-refractivity contribution in [2.75, 3.05) is 19.6 Å². The van der Waals surface area contributed by atoms with Crippen LogP contribution >= 0.6 is 0 Å². The Morgan fingerprint density at radius 1 is 1.57 bits per heavy atom. The van der Waals surface area contributed by atoms with Crippen LogP contribution in [0.5, 0.6) is 0 Å². The Morgan fingerprint density at radius 2 is 2.50 bits per heavy atom. The first-order valence-corrected chi connectivity index (χ1v) is 5.29. The highest BCUT2D eigenvalue weighted by molar-refractivity contribution is 5.04. The molecule has 0 bridgehead atoms. The fourth-order valence-corrected chi connectivity index (χ4v) is 1.93. The summed E-state index contributed by atoms with van der Waals surface area (Å²) in [4.78, 5) is 0. The molecule has 0 aliphatic carbocycles. The Hall–Kier alpha value is -0.800. The van der Waals surface area contributed by atoms with Gasteiger partial charge >= 0.3 is 0 Å². The summed E-state index contributed by atoms with van der Waals surface area (Å²) < 4.78 is 5.01. The summed E-state index contributed by atoms with van der Waals surface area (Å²) in [5.41, 5.74) is 1.23. The summed E-state index contributed by atoms with van der Waals surface area (Å²) in [5.74, 6) is 1.58. The molecule has 0 radical (unpaired) electrons. The highest BCUT2D eigenvalue weighted by Crippen LogP contribution is 2.14. The summed E-state index contributed by atoms with van der Waals surface area (Å²) in [6.07, 6.45) is 3.51. The molecule has 3 nitrogen and oxygen atoms in total. The Labute approximate surface area is 84.9 Å². The van der Waals surface area contributed by atoms with E-state index in [1.165, 1.54) is 5.56 Å². The molecular weight excluding hydrogens is 176 g/mol. The third kappa shape index (κ3) is 2.36. The summed E-state index contributed by atoms with van der Waals surface area (Å²) in [7, 11) is 0. The van der Waals surface area contributed by atoms with Crippen LogP contribution in [0.1, 0.15) is 12.5 Å². The van der Waals surface area contributed by atoms with Crippen molar-refractivity contribution >= 4 is 0 Å². The summed E-state index contributed by atoms with van der Waals surface area (Å²) in [6, 6.07) is 2.00. The molecule has 1 aromatic heterocycles. The molecule has 3 heteroatoms. The summed E-state index contributed by atoms with van der Waals surface area (Å²) >= 11 is 0. The fraction of sp³-hybridized carbons (Fsp3) is 0.636. The van der Waals surface area contributed by atoms with Crippen LogP contribution in [0.2, 0.25) is 0 Å². The Kier molecular flexibility index (Phi) is 3.22. The lowest BCUT2D eigenvalue weighted by Crippen LogP contribution is -2.26. The maximum absolute atomic E-state index is 5.01. The van der Waals surface area contributed by atoms with Gasteiger partial charge in [-0.15, -0.1) is 0 Å². The number of furan rings is 1. The van der Waals surface area contributed by atoms with Gasteiger partial charge in [0.05, 0.1) is 12.5 Å². The molecule has 0 spiro atoms. The third-order valence-corrected chi connectivity index (χ3v) is 2.99. The van der Waals surface area contributed by atoms with E-state index in [0.29, 0.717) is 0 Å². The molecule has 1 fully saturated rings. The molecule has 0 saturated carbocycles. The standard InChI is InChI=1S/C11H18N2O/c1-9-4-12-6-11(9)7-13-5-10-2-3-14-8-10/h2-3,8-9,11-13H,4-7H2,1H3/t9-,11+/m1/s1. The van der Waals surface area contributed by atoms with Crippen molar-refractivity contribution in [2.45, 2.75) is 13.5 Å². The topological polar surface area (TPSA) is 37.2 Å². The van der Waals surface area contributed by atoms with Crippen LogP contribution in [0.4, 0.5) is 0 Å². The third-order valence-electron chi connectivity index (χ3n) is 2.99. The van der Waals surface area contributed by atoms with Gasteiger partial charge in [-0.05, 0) is 37.5 Å². The van der Waals surface area contributed by atoms with Gasteiger partial charge in [0.15, 0.2) is 0 Å². The fourth-order valence-electron chi connectivity index (χ4n) is 1.93. The minimum absolute atomic E-state index is 0.780. The molecule has 2 heterocycles. The van der Waals surface area contributed by atoms with Crippen LogP contribution in [0.3, 0.4) is 0 Å². The van der Waals surface area contributed by atoms with E-state index in [0.717, 1.165) is 38.0 Å². The van der Waals surface area contributed by atoms with Crippen LogP contribution in [0.15, 0.2) is 23.0 Å². The largest absolute Gasteiger partial charge is 0.472 e. The van der Waals surface area contributed by atoms with E-state index in [-0.39, 0.29) is 0 Å². The summed E-state index contributed by atoms with van der Waals surface area (Å²) in [6.45, 7) is 6.64. The lowest BCUT2D eigenvalue weighted by molar-refractivity contribution is 0.419. The van der Waals surface area contributed by atoms with Crippen molar-refractivity contribution in [3.05, 3.63) is 24.2 Å². The van der Waals surface area contributed by atoms with Gasteiger partial charge in [0.2, 0.25) is 0 Å². The van der Waals surface area contributed by atoms with E-state index in [9.17, 15) is 0 Å². The zero-order valence-electron chi connectivity index (χ0n) is 8.62. The van der Waals surface area contributed by atoms with Crippen molar-refractivity contribution in [1.29, 1.82) is 0 Å². The lowest BCUT2D eigenvalue weighted by atomic mass is 9.98. The molecule has 78 valence electrons. The predicted octanol–water partition coefficient (Wildman–Crippen LogP) is 1.22. The highest BCUT2D eigenvalue weighted by atomic mass is 16.3. The van der Waals surface area contributed by atoms with Gasteiger partial charge in [0.25, 0.3) is 0 Å². The Morgan fingerprint density at radius 3 is 3.14 bits per heavy atom. The molecule has 2 rings (SSSR count). The molecule has 0 unspecified atom stereocenters. The first-order chi connectivity index (χ1) is 6.86. The second kappa shape index (κ2) is 4.62. The lowest BCUT2D eigenvalue weighted by Gasteiger charge is -2.14. The molecule has 14 heavy (non-hydrogen) atoms. The van der Waals surface area contributed by atoms with E-state index in [1.807, 2.05) is 6.07 Å². The molecule has 1 aromatic rings. The van der Waals surface area contributed by atoms with Gasteiger partial charge in [-0.3, -0.25) is 0 Å². The normalized spacial score (nSPS) is 26.9. The highest BCUT2D eigenvalue weighted by Gasteiger charge is 2.21. The molecule has 2 atom stereocenters. The van der Waals surface area contributed by atoms with Gasteiger partial charge in [-0.1, -0.05) is 6.92 Å². The molecule has 1 aliphatic heterocycles. The van der Waals surface area contributed by atoms with Crippen LogP contribution in [-0.2, 0) is 6.54 Å². The van der Waals surface area contributed by atoms with E-state index < -0.39 is 0 Å². The van der Waals surface area contributed by atoms with Gasteiger partial charge in [-0.25, -0.2) is 0 Å². The Balaban J connectivity index is 1.68. The van der Waals surface area contributed by atoms with E-state index in [4.69, 9.17) is 4.42 Å². The van der Waals surface area contributed by atoms with Crippen LogP contribution in [0.25, 0.3) is 0 Å². The van der Waals surface area contributed by atoms with Crippen LogP contribution < -0.4 is 10.6 Å². The minimum atomic E-state index is 0.780. The first-order valence-electron chi connectivity index (χ1n) is 5.29. The second-order valence-corrected chi connectivity index (χ2v) is 4.16. The monoisotopic (exact) mass is 194 g/mol. The van der Waals surface area contributed by atoms with Crippen molar-refractivity contribution in [3.63, 3.8) is 0 Å². The predicted molar refractivity (Wildman–Crippen MR) is 55.9 cm³/mol.